The zero-order valence-electron chi connectivity index (χ0n) is 12.4. The minimum absolute atomic E-state index is 0.0602. The summed E-state index contributed by atoms with van der Waals surface area (Å²) in [4.78, 5) is 0. The van der Waals surface area contributed by atoms with Gasteiger partial charge in [0.25, 0.3) is 0 Å². The molecule has 0 aliphatic heterocycles. The molecule has 2 aromatic carbocycles. The molecule has 136 valence electrons. The number of benzene rings is 2. The smallest absolute Gasteiger partial charge is 0.309 e. The molecule has 1 nitrogen and oxygen atoms in total. The molecule has 9 heteroatoms. The summed E-state index contributed by atoms with van der Waals surface area (Å²) in [5.74, 6) is 0. The second kappa shape index (κ2) is 7.43. The molecule has 0 unspecified atom stereocenters. The Morgan fingerprint density at radius 1 is 0.680 bits per heavy atom. The molecule has 0 aliphatic carbocycles. The fourth-order valence-electron chi connectivity index (χ4n) is 2.10. The van der Waals surface area contributed by atoms with Crippen LogP contribution in [0.15, 0.2) is 36.4 Å². The number of halogens is 8. The Bertz CT molecular complexity index is 692. The Labute approximate surface area is 149 Å². The number of alkyl halides is 6. The van der Waals surface area contributed by atoms with Crippen molar-refractivity contribution >= 4 is 23.2 Å². The van der Waals surface area contributed by atoms with Crippen LogP contribution in [0.25, 0.3) is 0 Å². The van der Waals surface area contributed by atoms with Gasteiger partial charge in [-0.05, 0) is 47.5 Å². The molecule has 0 aliphatic rings. The van der Waals surface area contributed by atoms with E-state index in [0.717, 1.165) is 36.4 Å². The van der Waals surface area contributed by atoms with Crippen molar-refractivity contribution in [3.63, 3.8) is 0 Å². The number of hydrogen-bond acceptors (Lipinski definition) is 1. The summed E-state index contributed by atoms with van der Waals surface area (Å²) in [5.41, 5.74) is -1.35. The molecule has 25 heavy (non-hydrogen) atoms. The average molecular weight is 402 g/mol. The first-order valence-corrected chi connectivity index (χ1v) is 7.66. The highest BCUT2D eigenvalue weighted by Crippen LogP contribution is 2.33. The van der Waals surface area contributed by atoms with E-state index in [2.05, 4.69) is 5.32 Å². The highest BCUT2D eigenvalue weighted by Gasteiger charge is 2.31. The van der Waals surface area contributed by atoms with Crippen LogP contribution in [0.4, 0.5) is 26.3 Å². The fraction of sp³-hybridized carbons (Fsp3) is 0.250. The molecular weight excluding hydrogens is 391 g/mol. The van der Waals surface area contributed by atoms with Crippen LogP contribution >= 0.6 is 23.2 Å². The van der Waals surface area contributed by atoms with E-state index < -0.39 is 23.5 Å². The largest absolute Gasteiger partial charge is 0.416 e. The zero-order valence-corrected chi connectivity index (χ0v) is 13.9. The summed E-state index contributed by atoms with van der Waals surface area (Å²) < 4.78 is 76.2. The van der Waals surface area contributed by atoms with Gasteiger partial charge in [0.05, 0.1) is 11.1 Å². The molecule has 0 bridgehead atoms. The van der Waals surface area contributed by atoms with Crippen LogP contribution in [0.1, 0.15) is 22.3 Å². The lowest BCUT2D eigenvalue weighted by Crippen LogP contribution is -2.15. The molecular formula is C16H11Cl2F6N. The third-order valence-electron chi connectivity index (χ3n) is 3.38. The molecule has 0 amide bonds. The molecule has 0 fully saturated rings. The second-order valence-electron chi connectivity index (χ2n) is 5.21. The van der Waals surface area contributed by atoms with Crippen molar-refractivity contribution < 1.29 is 26.3 Å². The van der Waals surface area contributed by atoms with Gasteiger partial charge < -0.3 is 5.32 Å². The van der Waals surface area contributed by atoms with E-state index in [4.69, 9.17) is 23.2 Å². The number of rotatable bonds is 4. The summed E-state index contributed by atoms with van der Waals surface area (Å²) in [5, 5.41) is 3.00. The normalized spacial score (nSPS) is 12.5. The maximum Gasteiger partial charge on any atom is 0.416 e. The van der Waals surface area contributed by atoms with Crippen molar-refractivity contribution in [3.05, 3.63) is 68.7 Å². The SMILES string of the molecule is FC(F)(F)c1ccc(Cl)c(CNCc2cc(C(F)(F)F)ccc2Cl)c1. The van der Waals surface area contributed by atoms with Crippen LogP contribution in [0.3, 0.4) is 0 Å². The molecule has 1 N–H and O–H groups in total. The molecule has 2 rings (SSSR count). The van der Waals surface area contributed by atoms with Crippen LogP contribution in [-0.2, 0) is 25.4 Å². The summed E-state index contributed by atoms with van der Waals surface area (Å²) in [6, 6.07) is 5.74. The first-order chi connectivity index (χ1) is 11.5. The van der Waals surface area contributed by atoms with Gasteiger partial charge in [0, 0.05) is 23.1 Å². The van der Waals surface area contributed by atoms with Gasteiger partial charge in [0.1, 0.15) is 0 Å². The Hall–Kier alpha value is -1.44. The lowest BCUT2D eigenvalue weighted by atomic mass is 10.1. The highest BCUT2D eigenvalue weighted by molar-refractivity contribution is 6.31. The van der Waals surface area contributed by atoms with E-state index in [1.807, 2.05) is 0 Å². The predicted molar refractivity (Wildman–Crippen MR) is 83.5 cm³/mol. The molecule has 0 atom stereocenters. The minimum atomic E-state index is -4.51. The van der Waals surface area contributed by atoms with Crippen molar-refractivity contribution in [2.24, 2.45) is 0 Å². The highest BCUT2D eigenvalue weighted by atomic mass is 35.5. The molecule has 2 aromatic rings. The Balaban J connectivity index is 2.11. The first-order valence-electron chi connectivity index (χ1n) is 6.90. The van der Waals surface area contributed by atoms with E-state index >= 15 is 0 Å². The van der Waals surface area contributed by atoms with Crippen LogP contribution in [0, 0.1) is 0 Å². The van der Waals surface area contributed by atoms with E-state index in [0.29, 0.717) is 0 Å². The van der Waals surface area contributed by atoms with Gasteiger partial charge in [-0.2, -0.15) is 26.3 Å². The molecule has 0 heterocycles. The van der Waals surface area contributed by atoms with Gasteiger partial charge >= 0.3 is 12.4 Å². The topological polar surface area (TPSA) is 12.0 Å². The van der Waals surface area contributed by atoms with Crippen molar-refractivity contribution in [2.75, 3.05) is 0 Å². The lowest BCUT2D eigenvalue weighted by molar-refractivity contribution is -0.138. The maximum absolute atomic E-state index is 12.7. The predicted octanol–water partition coefficient (Wildman–Crippen LogP) is 6.32. The summed E-state index contributed by atoms with van der Waals surface area (Å²) >= 11 is 11.7. The standard InChI is InChI=1S/C16H11Cl2F6N/c17-13-3-1-11(15(19,20)21)5-9(13)7-25-8-10-6-12(16(22,23)24)2-4-14(10)18/h1-6,25H,7-8H2. The van der Waals surface area contributed by atoms with Gasteiger partial charge in [-0.3, -0.25) is 0 Å². The quantitative estimate of drug-likeness (QED) is 0.591. The van der Waals surface area contributed by atoms with Gasteiger partial charge in [-0.1, -0.05) is 23.2 Å². The van der Waals surface area contributed by atoms with Gasteiger partial charge in [-0.15, -0.1) is 0 Å². The molecule has 0 saturated heterocycles. The van der Waals surface area contributed by atoms with Crippen molar-refractivity contribution in [1.29, 1.82) is 0 Å². The number of hydrogen-bond donors (Lipinski definition) is 1. The van der Waals surface area contributed by atoms with E-state index in [1.54, 1.807) is 0 Å². The lowest BCUT2D eigenvalue weighted by Gasteiger charge is -2.13. The van der Waals surface area contributed by atoms with E-state index in [9.17, 15) is 26.3 Å². The third-order valence-corrected chi connectivity index (χ3v) is 4.11. The van der Waals surface area contributed by atoms with Crippen molar-refractivity contribution in [2.45, 2.75) is 25.4 Å². The van der Waals surface area contributed by atoms with Gasteiger partial charge in [-0.25, -0.2) is 0 Å². The van der Waals surface area contributed by atoms with Crippen LogP contribution in [0.2, 0.25) is 10.0 Å². The monoisotopic (exact) mass is 401 g/mol. The fourth-order valence-corrected chi connectivity index (χ4v) is 2.47. The Morgan fingerprint density at radius 2 is 1.04 bits per heavy atom. The van der Waals surface area contributed by atoms with Crippen molar-refractivity contribution in [1.82, 2.24) is 5.32 Å². The summed E-state index contributed by atoms with van der Waals surface area (Å²) in [6.07, 6.45) is -9.02. The van der Waals surface area contributed by atoms with Crippen LogP contribution < -0.4 is 5.32 Å². The number of nitrogens with one attached hydrogen (secondary N) is 1. The Kier molecular flexibility index (Phi) is 5.91. The summed E-state index contributed by atoms with van der Waals surface area (Å²) in [6.45, 7) is -0.120. The average Bonchev–Trinajstić information content (AvgIpc) is 2.48. The molecule has 0 aromatic heterocycles. The van der Waals surface area contributed by atoms with E-state index in [1.165, 1.54) is 0 Å². The summed E-state index contributed by atoms with van der Waals surface area (Å²) in [7, 11) is 0. The zero-order chi connectivity index (χ0) is 18.8. The minimum Gasteiger partial charge on any atom is -0.309 e. The molecule has 0 spiro atoms. The van der Waals surface area contributed by atoms with Crippen molar-refractivity contribution in [3.8, 4) is 0 Å². The van der Waals surface area contributed by atoms with E-state index in [-0.39, 0.29) is 34.3 Å². The van der Waals surface area contributed by atoms with Crippen LogP contribution in [0.5, 0.6) is 0 Å². The van der Waals surface area contributed by atoms with Gasteiger partial charge in [0.15, 0.2) is 0 Å². The Morgan fingerprint density at radius 3 is 1.36 bits per heavy atom. The maximum atomic E-state index is 12.7. The first kappa shape index (κ1) is 19.9. The molecule has 0 radical (unpaired) electrons. The molecule has 0 saturated carbocycles. The third kappa shape index (κ3) is 5.26. The van der Waals surface area contributed by atoms with Gasteiger partial charge in [0.2, 0.25) is 0 Å². The van der Waals surface area contributed by atoms with Crippen LogP contribution in [-0.4, -0.2) is 0 Å². The second-order valence-corrected chi connectivity index (χ2v) is 6.03.